The van der Waals surface area contributed by atoms with Crippen molar-refractivity contribution in [2.45, 2.75) is 25.3 Å². The lowest BCUT2D eigenvalue weighted by molar-refractivity contribution is 0.215. The Kier molecular flexibility index (Phi) is 3.94. The normalized spacial score (nSPS) is 24.6. The molecule has 0 aliphatic carbocycles. The van der Waals surface area contributed by atoms with Gasteiger partial charge in [0.05, 0.1) is 12.1 Å². The average molecular weight is 255 g/mol. The van der Waals surface area contributed by atoms with Gasteiger partial charge in [-0.2, -0.15) is 11.8 Å². The number of thioether (sulfide) groups is 1. The van der Waals surface area contributed by atoms with Crippen molar-refractivity contribution in [3.63, 3.8) is 0 Å². The molecular weight excluding hydrogens is 237 g/mol. The predicted octanol–water partition coefficient (Wildman–Crippen LogP) is 2.80. The van der Waals surface area contributed by atoms with Crippen LogP contribution in [0, 0.1) is 12.7 Å². The van der Waals surface area contributed by atoms with Gasteiger partial charge in [-0.25, -0.2) is 4.39 Å². The molecule has 1 unspecified atom stereocenters. The number of nitrogens with one attached hydrogen (secondary N) is 1. The summed E-state index contributed by atoms with van der Waals surface area (Å²) >= 11 is 1.84. The van der Waals surface area contributed by atoms with Gasteiger partial charge in [0.15, 0.2) is 0 Å². The zero-order chi connectivity index (χ0) is 12.3. The summed E-state index contributed by atoms with van der Waals surface area (Å²) in [6.07, 6.45) is 2.03. The van der Waals surface area contributed by atoms with Crippen molar-refractivity contribution in [3.05, 3.63) is 29.6 Å². The van der Waals surface area contributed by atoms with Crippen LogP contribution in [0.2, 0.25) is 0 Å². The van der Waals surface area contributed by atoms with Crippen LogP contribution >= 0.6 is 11.8 Å². The maximum Gasteiger partial charge on any atom is 0.125 e. The fourth-order valence-corrected chi connectivity index (χ4v) is 3.42. The van der Waals surface area contributed by atoms with Gasteiger partial charge >= 0.3 is 0 Å². The van der Waals surface area contributed by atoms with Crippen molar-refractivity contribution < 1.29 is 9.50 Å². The third kappa shape index (κ3) is 3.13. The van der Waals surface area contributed by atoms with E-state index in [2.05, 4.69) is 5.32 Å². The molecular formula is C13H18FNOS. The van der Waals surface area contributed by atoms with Crippen molar-refractivity contribution in [1.82, 2.24) is 0 Å². The molecule has 1 aromatic rings. The largest absolute Gasteiger partial charge is 0.394 e. The Hall–Kier alpha value is -0.740. The second-order valence-corrected chi connectivity index (χ2v) is 5.84. The molecule has 0 amide bonds. The summed E-state index contributed by atoms with van der Waals surface area (Å²) in [5.74, 6) is 1.79. The van der Waals surface area contributed by atoms with Gasteiger partial charge in [-0.05, 0) is 49.3 Å². The van der Waals surface area contributed by atoms with E-state index in [4.69, 9.17) is 0 Å². The fraction of sp³-hybridized carbons (Fsp3) is 0.538. The Balaban J connectivity index is 2.17. The van der Waals surface area contributed by atoms with E-state index in [-0.39, 0.29) is 18.0 Å². The summed E-state index contributed by atoms with van der Waals surface area (Å²) in [5, 5.41) is 12.9. The molecule has 1 aliphatic heterocycles. The molecule has 4 heteroatoms. The van der Waals surface area contributed by atoms with Gasteiger partial charge in [-0.1, -0.05) is 0 Å². The Bertz CT molecular complexity index is 371. The number of hydrogen-bond donors (Lipinski definition) is 2. The Labute approximate surface area is 106 Å². The lowest BCUT2D eigenvalue weighted by Crippen LogP contribution is -2.46. The van der Waals surface area contributed by atoms with E-state index in [9.17, 15) is 9.50 Å². The number of aliphatic hydroxyl groups is 1. The topological polar surface area (TPSA) is 32.3 Å². The number of anilines is 1. The quantitative estimate of drug-likeness (QED) is 0.871. The molecule has 0 radical (unpaired) electrons. The number of rotatable bonds is 3. The molecule has 94 valence electrons. The van der Waals surface area contributed by atoms with Crippen LogP contribution in [0.5, 0.6) is 0 Å². The highest BCUT2D eigenvalue weighted by molar-refractivity contribution is 7.99. The first kappa shape index (κ1) is 12.7. The zero-order valence-corrected chi connectivity index (χ0v) is 10.8. The molecule has 0 spiro atoms. The number of benzene rings is 1. The minimum atomic E-state index is -0.289. The maximum absolute atomic E-state index is 13.3. The molecule has 1 aliphatic rings. The van der Waals surface area contributed by atoms with E-state index in [1.54, 1.807) is 0 Å². The molecule has 1 heterocycles. The summed E-state index contributed by atoms with van der Waals surface area (Å²) in [6, 6.07) is 4.91. The van der Waals surface area contributed by atoms with Crippen molar-refractivity contribution in [2.24, 2.45) is 0 Å². The summed E-state index contributed by atoms with van der Waals surface area (Å²) in [4.78, 5) is 0. The van der Waals surface area contributed by atoms with Crippen LogP contribution in [0.4, 0.5) is 10.1 Å². The number of aryl methyl sites for hydroxylation is 1. The summed E-state index contributed by atoms with van der Waals surface area (Å²) in [7, 11) is 0. The average Bonchev–Trinajstić information content (AvgIpc) is 2.29. The molecule has 0 aromatic heterocycles. The standard InChI is InChI=1S/C13H18FNOS/c1-10-5-11(14)7-12(6-10)15-13(8-16)3-2-4-17-9-13/h5-7,15-16H,2-4,8-9H2,1H3. The highest BCUT2D eigenvalue weighted by Crippen LogP contribution is 2.30. The number of hydrogen-bond acceptors (Lipinski definition) is 3. The highest BCUT2D eigenvalue weighted by Gasteiger charge is 2.31. The second-order valence-electron chi connectivity index (χ2n) is 4.74. The van der Waals surface area contributed by atoms with Crippen molar-refractivity contribution in [1.29, 1.82) is 0 Å². The summed E-state index contributed by atoms with van der Waals surface area (Å²) in [5.41, 5.74) is 1.37. The van der Waals surface area contributed by atoms with E-state index < -0.39 is 0 Å². The second kappa shape index (κ2) is 5.27. The van der Waals surface area contributed by atoms with Crippen LogP contribution in [0.1, 0.15) is 18.4 Å². The van der Waals surface area contributed by atoms with E-state index in [0.29, 0.717) is 0 Å². The highest BCUT2D eigenvalue weighted by atomic mass is 32.2. The van der Waals surface area contributed by atoms with Gasteiger partial charge < -0.3 is 10.4 Å². The molecule has 17 heavy (non-hydrogen) atoms. The maximum atomic E-state index is 13.3. The first-order valence-corrected chi connectivity index (χ1v) is 7.03. The van der Waals surface area contributed by atoms with Crippen LogP contribution in [-0.2, 0) is 0 Å². The molecule has 2 rings (SSSR count). The van der Waals surface area contributed by atoms with Crippen LogP contribution < -0.4 is 5.32 Å². The zero-order valence-electron chi connectivity index (χ0n) is 10.0. The summed E-state index contributed by atoms with van der Waals surface area (Å²) < 4.78 is 13.3. The third-order valence-corrected chi connectivity index (χ3v) is 4.41. The van der Waals surface area contributed by atoms with E-state index in [1.165, 1.54) is 12.1 Å². The van der Waals surface area contributed by atoms with Gasteiger partial charge in [0.1, 0.15) is 5.82 Å². The lowest BCUT2D eigenvalue weighted by Gasteiger charge is -2.37. The Morgan fingerprint density at radius 3 is 2.88 bits per heavy atom. The molecule has 1 aromatic carbocycles. The molecule has 1 fully saturated rings. The van der Waals surface area contributed by atoms with Gasteiger partial charge in [0, 0.05) is 11.4 Å². The lowest BCUT2D eigenvalue weighted by atomic mass is 9.95. The monoisotopic (exact) mass is 255 g/mol. The fourth-order valence-electron chi connectivity index (χ4n) is 2.23. The van der Waals surface area contributed by atoms with Gasteiger partial charge in [0.2, 0.25) is 0 Å². The molecule has 1 saturated heterocycles. The Morgan fingerprint density at radius 2 is 2.29 bits per heavy atom. The van der Waals surface area contributed by atoms with Crippen LogP contribution in [0.15, 0.2) is 18.2 Å². The van der Waals surface area contributed by atoms with E-state index in [0.717, 1.165) is 35.6 Å². The van der Waals surface area contributed by atoms with Crippen molar-refractivity contribution in [3.8, 4) is 0 Å². The van der Waals surface area contributed by atoms with Gasteiger partial charge in [0.25, 0.3) is 0 Å². The first-order valence-electron chi connectivity index (χ1n) is 5.88. The summed E-state index contributed by atoms with van der Waals surface area (Å²) in [6.45, 7) is 1.96. The third-order valence-electron chi connectivity index (χ3n) is 3.08. The smallest absolute Gasteiger partial charge is 0.125 e. The molecule has 2 nitrogen and oxygen atoms in total. The van der Waals surface area contributed by atoms with Crippen molar-refractivity contribution >= 4 is 17.4 Å². The SMILES string of the molecule is Cc1cc(F)cc(NC2(CO)CCCSC2)c1. The van der Waals surface area contributed by atoms with E-state index in [1.807, 2.05) is 24.8 Å². The minimum absolute atomic E-state index is 0.0928. The number of halogens is 1. The van der Waals surface area contributed by atoms with Crippen molar-refractivity contribution in [2.75, 3.05) is 23.4 Å². The predicted molar refractivity (Wildman–Crippen MR) is 71.1 cm³/mol. The molecule has 0 bridgehead atoms. The van der Waals surface area contributed by atoms with Gasteiger partial charge in [-0.3, -0.25) is 0 Å². The first-order chi connectivity index (χ1) is 8.13. The van der Waals surface area contributed by atoms with E-state index >= 15 is 0 Å². The van der Waals surface area contributed by atoms with Crippen LogP contribution in [0.25, 0.3) is 0 Å². The van der Waals surface area contributed by atoms with Gasteiger partial charge in [-0.15, -0.1) is 0 Å². The molecule has 2 N–H and O–H groups in total. The molecule has 1 atom stereocenters. The Morgan fingerprint density at radius 1 is 1.47 bits per heavy atom. The number of aliphatic hydroxyl groups excluding tert-OH is 1. The van der Waals surface area contributed by atoms with Crippen LogP contribution in [-0.4, -0.2) is 28.8 Å². The molecule has 0 saturated carbocycles. The minimum Gasteiger partial charge on any atom is -0.394 e. The van der Waals surface area contributed by atoms with Crippen LogP contribution in [0.3, 0.4) is 0 Å².